The van der Waals surface area contributed by atoms with Gasteiger partial charge in [0, 0.05) is 6.04 Å². The second-order valence-corrected chi connectivity index (χ2v) is 5.85. The fourth-order valence-corrected chi connectivity index (χ4v) is 2.80. The number of ether oxygens (including phenoxy) is 1. The molecule has 1 N–H and O–H groups in total. The van der Waals surface area contributed by atoms with Gasteiger partial charge in [0.05, 0.1) is 7.11 Å². The lowest BCUT2D eigenvalue weighted by atomic mass is 9.79. The molecule has 0 saturated heterocycles. The molecule has 0 aromatic rings. The van der Waals surface area contributed by atoms with E-state index in [-0.39, 0.29) is 12.0 Å². The van der Waals surface area contributed by atoms with Gasteiger partial charge in [0.1, 0.15) is 6.04 Å². The Labute approximate surface area is 112 Å². The van der Waals surface area contributed by atoms with Gasteiger partial charge in [-0.05, 0) is 37.5 Å². The Bertz CT molecular complexity index is 255. The second kappa shape index (κ2) is 7.78. The smallest absolute Gasteiger partial charge is 0.322 e. The van der Waals surface area contributed by atoms with Crippen molar-refractivity contribution in [3.05, 3.63) is 0 Å². The molecule has 0 aromatic carbocycles. The molecule has 1 fully saturated rings. The number of hydrogen-bond donors (Lipinski definition) is 1. The van der Waals surface area contributed by atoms with Crippen LogP contribution in [0.2, 0.25) is 0 Å². The van der Waals surface area contributed by atoms with Crippen molar-refractivity contribution in [3.8, 4) is 0 Å². The highest BCUT2D eigenvalue weighted by atomic mass is 16.5. The zero-order valence-electron chi connectivity index (χ0n) is 12.4. The van der Waals surface area contributed by atoms with Crippen LogP contribution in [0.4, 0.5) is 0 Å². The minimum absolute atomic E-state index is 0.102. The number of esters is 1. The van der Waals surface area contributed by atoms with E-state index in [4.69, 9.17) is 4.74 Å². The topological polar surface area (TPSA) is 38.3 Å². The van der Waals surface area contributed by atoms with E-state index >= 15 is 0 Å². The van der Waals surface area contributed by atoms with E-state index < -0.39 is 0 Å². The van der Waals surface area contributed by atoms with Crippen LogP contribution >= 0.6 is 0 Å². The van der Waals surface area contributed by atoms with Crippen molar-refractivity contribution < 1.29 is 9.53 Å². The van der Waals surface area contributed by atoms with Crippen LogP contribution in [0.3, 0.4) is 0 Å². The molecular formula is C15H29NO2. The molecule has 3 heteroatoms. The van der Waals surface area contributed by atoms with Crippen molar-refractivity contribution >= 4 is 5.97 Å². The first-order chi connectivity index (χ1) is 8.58. The molecule has 3 nitrogen and oxygen atoms in total. The Morgan fingerprint density at radius 2 is 2.06 bits per heavy atom. The largest absolute Gasteiger partial charge is 0.468 e. The van der Waals surface area contributed by atoms with Crippen molar-refractivity contribution in [2.75, 3.05) is 7.11 Å². The van der Waals surface area contributed by atoms with E-state index in [2.05, 4.69) is 26.1 Å². The van der Waals surface area contributed by atoms with Crippen LogP contribution in [0.25, 0.3) is 0 Å². The Hall–Kier alpha value is -0.570. The maximum atomic E-state index is 11.8. The van der Waals surface area contributed by atoms with Gasteiger partial charge in [0.25, 0.3) is 0 Å². The van der Waals surface area contributed by atoms with Crippen molar-refractivity contribution in [2.45, 2.75) is 71.4 Å². The van der Waals surface area contributed by atoms with Gasteiger partial charge in [-0.1, -0.05) is 33.6 Å². The van der Waals surface area contributed by atoms with E-state index in [1.807, 2.05) is 0 Å². The Morgan fingerprint density at radius 1 is 1.33 bits per heavy atom. The second-order valence-electron chi connectivity index (χ2n) is 5.85. The van der Waals surface area contributed by atoms with E-state index in [1.165, 1.54) is 26.4 Å². The quantitative estimate of drug-likeness (QED) is 0.741. The maximum absolute atomic E-state index is 11.8. The molecule has 0 aliphatic heterocycles. The summed E-state index contributed by atoms with van der Waals surface area (Å²) in [4.78, 5) is 11.8. The molecular weight excluding hydrogens is 226 g/mol. The number of methoxy groups -OCH3 is 1. The molecule has 1 aliphatic rings. The van der Waals surface area contributed by atoms with Crippen LogP contribution < -0.4 is 5.32 Å². The van der Waals surface area contributed by atoms with Crippen LogP contribution in [0.1, 0.15) is 59.3 Å². The summed E-state index contributed by atoms with van der Waals surface area (Å²) in [6.45, 7) is 6.80. The standard InChI is InChI=1S/C15H29NO2/c1-5-6-7-14(15(17)18-4)16-13-9-8-11(2)12(3)10-13/h11-14,16H,5-10H2,1-4H3. The fourth-order valence-electron chi connectivity index (χ4n) is 2.80. The first-order valence-corrected chi connectivity index (χ1v) is 7.42. The van der Waals surface area contributed by atoms with E-state index in [0.29, 0.717) is 6.04 Å². The fraction of sp³-hybridized carbons (Fsp3) is 0.933. The molecule has 0 amide bonds. The summed E-state index contributed by atoms with van der Waals surface area (Å²) in [5.74, 6) is 1.46. The van der Waals surface area contributed by atoms with E-state index in [1.54, 1.807) is 0 Å². The van der Waals surface area contributed by atoms with Crippen molar-refractivity contribution in [1.29, 1.82) is 0 Å². The van der Waals surface area contributed by atoms with Crippen LogP contribution in [-0.2, 0) is 9.53 Å². The third kappa shape index (κ3) is 4.60. The average molecular weight is 255 g/mol. The summed E-state index contributed by atoms with van der Waals surface area (Å²) in [5.41, 5.74) is 0. The lowest BCUT2D eigenvalue weighted by Gasteiger charge is -2.34. The first-order valence-electron chi connectivity index (χ1n) is 7.42. The highest BCUT2D eigenvalue weighted by Gasteiger charge is 2.28. The molecule has 106 valence electrons. The SMILES string of the molecule is CCCCC(NC1CCC(C)C(C)C1)C(=O)OC. The monoisotopic (exact) mass is 255 g/mol. The number of nitrogens with one attached hydrogen (secondary N) is 1. The summed E-state index contributed by atoms with van der Waals surface area (Å²) >= 11 is 0. The number of unbranched alkanes of at least 4 members (excludes halogenated alkanes) is 1. The Balaban J connectivity index is 2.47. The predicted molar refractivity (Wildman–Crippen MR) is 74.4 cm³/mol. The van der Waals surface area contributed by atoms with Gasteiger partial charge in [-0.2, -0.15) is 0 Å². The van der Waals surface area contributed by atoms with Gasteiger partial charge >= 0.3 is 5.97 Å². The van der Waals surface area contributed by atoms with Crippen LogP contribution in [0, 0.1) is 11.8 Å². The molecule has 0 bridgehead atoms. The molecule has 0 heterocycles. The molecule has 1 aliphatic carbocycles. The zero-order chi connectivity index (χ0) is 13.5. The van der Waals surface area contributed by atoms with E-state index in [9.17, 15) is 4.79 Å². The average Bonchev–Trinajstić information content (AvgIpc) is 2.37. The number of carbonyl (C=O) groups is 1. The van der Waals surface area contributed by atoms with Crippen molar-refractivity contribution in [1.82, 2.24) is 5.32 Å². The molecule has 18 heavy (non-hydrogen) atoms. The molecule has 1 saturated carbocycles. The maximum Gasteiger partial charge on any atom is 0.322 e. The van der Waals surface area contributed by atoms with Crippen LogP contribution in [-0.4, -0.2) is 25.2 Å². The molecule has 0 radical (unpaired) electrons. The first kappa shape index (κ1) is 15.5. The van der Waals surface area contributed by atoms with Crippen molar-refractivity contribution in [2.24, 2.45) is 11.8 Å². The van der Waals surface area contributed by atoms with Gasteiger partial charge in [-0.15, -0.1) is 0 Å². The molecule has 0 spiro atoms. The van der Waals surface area contributed by atoms with Crippen LogP contribution in [0.15, 0.2) is 0 Å². The van der Waals surface area contributed by atoms with Gasteiger partial charge in [-0.3, -0.25) is 4.79 Å². The lowest BCUT2D eigenvalue weighted by molar-refractivity contribution is -0.143. The summed E-state index contributed by atoms with van der Waals surface area (Å²) in [5, 5.41) is 3.52. The normalized spacial score (nSPS) is 29.9. The summed E-state index contributed by atoms with van der Waals surface area (Å²) < 4.78 is 4.90. The van der Waals surface area contributed by atoms with Crippen LogP contribution in [0.5, 0.6) is 0 Å². The van der Waals surface area contributed by atoms with Gasteiger partial charge in [-0.25, -0.2) is 0 Å². The molecule has 4 atom stereocenters. The Morgan fingerprint density at radius 3 is 2.61 bits per heavy atom. The highest BCUT2D eigenvalue weighted by Crippen LogP contribution is 2.29. The van der Waals surface area contributed by atoms with Gasteiger partial charge in [0.15, 0.2) is 0 Å². The molecule has 0 aromatic heterocycles. The molecule has 4 unspecified atom stereocenters. The Kier molecular flexibility index (Phi) is 6.69. The third-order valence-corrected chi connectivity index (χ3v) is 4.37. The summed E-state index contributed by atoms with van der Waals surface area (Å²) in [6, 6.07) is 0.373. The van der Waals surface area contributed by atoms with Crippen molar-refractivity contribution in [3.63, 3.8) is 0 Å². The third-order valence-electron chi connectivity index (χ3n) is 4.37. The summed E-state index contributed by atoms with van der Waals surface area (Å²) in [7, 11) is 1.48. The predicted octanol–water partition coefficient (Wildman–Crippen LogP) is 3.13. The minimum atomic E-state index is -0.111. The molecule has 1 rings (SSSR count). The summed E-state index contributed by atoms with van der Waals surface area (Å²) in [6.07, 6.45) is 6.72. The number of rotatable bonds is 6. The van der Waals surface area contributed by atoms with Gasteiger partial charge < -0.3 is 10.1 Å². The van der Waals surface area contributed by atoms with Gasteiger partial charge in [0.2, 0.25) is 0 Å². The number of carbonyl (C=O) groups excluding carboxylic acids is 1. The minimum Gasteiger partial charge on any atom is -0.468 e. The lowest BCUT2D eigenvalue weighted by Crippen LogP contribution is -2.46. The van der Waals surface area contributed by atoms with E-state index in [0.717, 1.165) is 31.1 Å². The zero-order valence-corrected chi connectivity index (χ0v) is 12.4. The highest BCUT2D eigenvalue weighted by molar-refractivity contribution is 5.75. The number of hydrogen-bond acceptors (Lipinski definition) is 3.